The minimum absolute atomic E-state index is 0.155. The number of amides is 2. The average molecular weight is 499 g/mol. The van der Waals surface area contributed by atoms with Gasteiger partial charge in [-0.1, -0.05) is 6.92 Å². The summed E-state index contributed by atoms with van der Waals surface area (Å²) in [4.78, 5) is 25.4. The van der Waals surface area contributed by atoms with E-state index in [9.17, 15) is 9.59 Å². The van der Waals surface area contributed by atoms with Crippen molar-refractivity contribution in [3.63, 3.8) is 0 Å². The van der Waals surface area contributed by atoms with Gasteiger partial charge < -0.3 is 11.1 Å². The number of carbonyl (C=O) groups excluding carboxylic acids is 2. The molecule has 0 saturated heterocycles. The molecule has 26 heavy (non-hydrogen) atoms. The van der Waals surface area contributed by atoms with Crippen molar-refractivity contribution >= 4 is 68.1 Å². The van der Waals surface area contributed by atoms with Crippen molar-refractivity contribution in [3.8, 4) is 0 Å². The Labute approximate surface area is 174 Å². The van der Waals surface area contributed by atoms with Crippen molar-refractivity contribution in [1.29, 1.82) is 0 Å². The molecule has 0 saturated carbocycles. The lowest BCUT2D eigenvalue weighted by atomic mass is 9.88. The molecular formula is C18H18IN3O2S2. The maximum Gasteiger partial charge on any atom is 0.257 e. The molecule has 1 aliphatic carbocycles. The Balaban J connectivity index is 1.76. The second-order valence-corrected chi connectivity index (χ2v) is 9.09. The van der Waals surface area contributed by atoms with Crippen molar-refractivity contribution in [2.45, 2.75) is 26.2 Å². The lowest BCUT2D eigenvalue weighted by Crippen LogP contribution is -2.34. The van der Waals surface area contributed by atoms with E-state index in [2.05, 4.69) is 40.1 Å². The fourth-order valence-corrected chi connectivity index (χ4v) is 5.05. The number of carbonyl (C=O) groups is 2. The standard InChI is InChI=1S/C18H18IN3O2S2/c1-9-2-7-12-13(8-9)26-17(14(12)15(20)23)22-18(25)21-16(24)10-3-5-11(19)6-4-10/h3-6,9H,2,7-8H2,1H3,(H2,20,23)(H2,21,22,24,25)/t9-/m1/s1. The van der Waals surface area contributed by atoms with E-state index in [4.69, 9.17) is 18.0 Å². The van der Waals surface area contributed by atoms with Gasteiger partial charge in [-0.25, -0.2) is 0 Å². The van der Waals surface area contributed by atoms with Gasteiger partial charge in [-0.15, -0.1) is 11.3 Å². The average Bonchev–Trinajstić information content (AvgIpc) is 2.91. The van der Waals surface area contributed by atoms with Crippen molar-refractivity contribution in [2.24, 2.45) is 11.7 Å². The van der Waals surface area contributed by atoms with Gasteiger partial charge >= 0.3 is 0 Å². The molecule has 2 amide bonds. The van der Waals surface area contributed by atoms with Crippen LogP contribution in [0.4, 0.5) is 5.00 Å². The third-order valence-corrected chi connectivity index (χ3v) is 6.41. The second kappa shape index (κ2) is 8.01. The summed E-state index contributed by atoms with van der Waals surface area (Å²) in [5.41, 5.74) is 7.64. The van der Waals surface area contributed by atoms with Crippen LogP contribution in [0.25, 0.3) is 0 Å². The normalized spacial score (nSPS) is 15.8. The number of hydrogen-bond donors (Lipinski definition) is 3. The van der Waals surface area contributed by atoms with Crippen molar-refractivity contribution < 1.29 is 9.59 Å². The van der Waals surface area contributed by atoms with Crippen LogP contribution in [0.3, 0.4) is 0 Å². The molecule has 8 heteroatoms. The van der Waals surface area contributed by atoms with Gasteiger partial charge in [0, 0.05) is 14.0 Å². The zero-order valence-corrected chi connectivity index (χ0v) is 17.9. The lowest BCUT2D eigenvalue weighted by Gasteiger charge is -2.18. The topological polar surface area (TPSA) is 84.2 Å². The zero-order chi connectivity index (χ0) is 18.8. The molecule has 0 radical (unpaired) electrons. The summed E-state index contributed by atoms with van der Waals surface area (Å²) < 4.78 is 1.05. The Morgan fingerprint density at radius 3 is 2.65 bits per heavy atom. The number of fused-ring (bicyclic) bond motifs is 1. The molecule has 1 heterocycles. The quantitative estimate of drug-likeness (QED) is 0.444. The van der Waals surface area contributed by atoms with E-state index in [1.807, 2.05) is 12.1 Å². The van der Waals surface area contributed by atoms with Crippen LogP contribution in [0, 0.1) is 9.49 Å². The van der Waals surface area contributed by atoms with Crippen molar-refractivity contribution in [3.05, 3.63) is 49.4 Å². The molecule has 0 fully saturated rings. The van der Waals surface area contributed by atoms with Gasteiger partial charge in [0.25, 0.3) is 11.8 Å². The summed E-state index contributed by atoms with van der Waals surface area (Å²) in [7, 11) is 0. The predicted molar refractivity (Wildman–Crippen MR) is 117 cm³/mol. The number of nitrogens with two attached hydrogens (primary N) is 1. The van der Waals surface area contributed by atoms with Crippen molar-refractivity contribution in [2.75, 3.05) is 5.32 Å². The Morgan fingerprint density at radius 1 is 1.31 bits per heavy atom. The van der Waals surface area contributed by atoms with Crippen LogP contribution in [-0.2, 0) is 12.8 Å². The van der Waals surface area contributed by atoms with Crippen LogP contribution >= 0.6 is 46.1 Å². The predicted octanol–water partition coefficient (Wildman–Crippen LogP) is 3.70. The number of thiocarbonyl (C=S) groups is 1. The number of rotatable bonds is 3. The van der Waals surface area contributed by atoms with Gasteiger partial charge in [-0.05, 0) is 89.8 Å². The summed E-state index contributed by atoms with van der Waals surface area (Å²) in [6.45, 7) is 2.20. The molecule has 2 aromatic rings. The largest absolute Gasteiger partial charge is 0.365 e. The number of hydrogen-bond acceptors (Lipinski definition) is 4. The summed E-state index contributed by atoms with van der Waals surface area (Å²) in [6.07, 6.45) is 2.82. The Hall–Kier alpha value is -1.52. The first kappa shape index (κ1) is 19.2. The van der Waals surface area contributed by atoms with Crippen LogP contribution in [0.5, 0.6) is 0 Å². The van der Waals surface area contributed by atoms with E-state index < -0.39 is 5.91 Å². The van der Waals surface area contributed by atoms with E-state index in [0.717, 1.165) is 28.4 Å². The Morgan fingerprint density at radius 2 is 2.00 bits per heavy atom. The number of thiophene rings is 1. The monoisotopic (exact) mass is 499 g/mol. The maximum absolute atomic E-state index is 12.3. The molecule has 4 N–H and O–H groups in total. The van der Waals surface area contributed by atoms with Crippen LogP contribution < -0.4 is 16.4 Å². The first-order valence-electron chi connectivity index (χ1n) is 8.17. The van der Waals surface area contributed by atoms with Gasteiger partial charge in [0.15, 0.2) is 5.11 Å². The molecule has 1 aliphatic rings. The molecule has 0 spiro atoms. The van der Waals surface area contributed by atoms with Gasteiger partial charge in [-0.3, -0.25) is 14.9 Å². The minimum atomic E-state index is -0.466. The summed E-state index contributed by atoms with van der Waals surface area (Å²) in [5, 5.41) is 6.42. The highest BCUT2D eigenvalue weighted by atomic mass is 127. The molecule has 1 aromatic carbocycles. The van der Waals surface area contributed by atoms with E-state index in [0.29, 0.717) is 22.0 Å². The summed E-state index contributed by atoms with van der Waals surface area (Å²) in [6, 6.07) is 7.18. The molecule has 1 atom stereocenters. The first-order valence-corrected chi connectivity index (χ1v) is 10.5. The molecule has 136 valence electrons. The van der Waals surface area contributed by atoms with Gasteiger partial charge in [0.1, 0.15) is 5.00 Å². The Bertz CT molecular complexity index is 877. The third-order valence-electron chi connectivity index (χ3n) is 4.32. The number of anilines is 1. The number of halogens is 1. The molecular weight excluding hydrogens is 481 g/mol. The van der Waals surface area contributed by atoms with Crippen LogP contribution in [-0.4, -0.2) is 16.9 Å². The van der Waals surface area contributed by atoms with E-state index >= 15 is 0 Å². The SMILES string of the molecule is C[C@@H]1CCc2c(sc(NC(=S)NC(=O)c3ccc(I)cc3)c2C(N)=O)C1. The second-order valence-electron chi connectivity index (χ2n) is 6.34. The maximum atomic E-state index is 12.3. The Kier molecular flexibility index (Phi) is 5.93. The molecule has 0 unspecified atom stereocenters. The van der Waals surface area contributed by atoms with Crippen LogP contribution in [0.2, 0.25) is 0 Å². The van der Waals surface area contributed by atoms with Gasteiger partial charge in [0.05, 0.1) is 5.56 Å². The van der Waals surface area contributed by atoms with Crippen molar-refractivity contribution in [1.82, 2.24) is 5.32 Å². The first-order chi connectivity index (χ1) is 12.3. The molecule has 0 bridgehead atoms. The number of nitrogens with one attached hydrogen (secondary N) is 2. The molecule has 1 aromatic heterocycles. The van der Waals surface area contributed by atoms with Crippen LogP contribution in [0.15, 0.2) is 24.3 Å². The van der Waals surface area contributed by atoms with Gasteiger partial charge in [0.2, 0.25) is 0 Å². The van der Waals surface area contributed by atoms with E-state index in [1.165, 1.54) is 16.2 Å². The third kappa shape index (κ3) is 4.24. The summed E-state index contributed by atoms with van der Waals surface area (Å²) >= 11 is 8.93. The fraction of sp³-hybridized carbons (Fsp3) is 0.278. The van der Waals surface area contributed by atoms with E-state index in [-0.39, 0.29) is 11.0 Å². The summed E-state index contributed by atoms with van der Waals surface area (Å²) in [5.74, 6) is -0.178. The molecule has 0 aliphatic heterocycles. The fourth-order valence-electron chi connectivity index (χ4n) is 3.01. The lowest BCUT2D eigenvalue weighted by molar-refractivity contribution is 0.0975. The molecule has 3 rings (SSSR count). The highest BCUT2D eigenvalue weighted by Gasteiger charge is 2.27. The zero-order valence-electron chi connectivity index (χ0n) is 14.1. The van der Waals surface area contributed by atoms with Crippen LogP contribution in [0.1, 0.15) is 44.5 Å². The minimum Gasteiger partial charge on any atom is -0.365 e. The highest BCUT2D eigenvalue weighted by molar-refractivity contribution is 14.1. The number of primary amides is 1. The smallest absolute Gasteiger partial charge is 0.257 e. The van der Waals surface area contributed by atoms with E-state index in [1.54, 1.807) is 12.1 Å². The number of benzene rings is 1. The highest BCUT2D eigenvalue weighted by Crippen LogP contribution is 2.39. The molecule has 5 nitrogen and oxygen atoms in total. The van der Waals surface area contributed by atoms with Gasteiger partial charge in [-0.2, -0.15) is 0 Å².